The van der Waals surface area contributed by atoms with Crippen LogP contribution in [-0.2, 0) is 9.47 Å². The molecular formula is C31H31ClN4O4S. The van der Waals surface area contributed by atoms with Crippen molar-refractivity contribution in [1.82, 2.24) is 14.9 Å². The van der Waals surface area contributed by atoms with Crippen molar-refractivity contribution in [3.8, 4) is 11.4 Å². The molecular weight excluding hydrogens is 560 g/mol. The number of pyridine rings is 1. The SMILES string of the molecule is COCCOc1ccc(N2C(=S)NC(c3ccccn3)C2c2cc(C)n(-c3ccc(C(=O)OC)cc3)c2C)cc1Cl. The average Bonchev–Trinajstić information content (AvgIpc) is 3.48. The standard InChI is InChI=1S/C31H31ClN4O4S/c1-19-17-24(20(2)35(19)22-10-8-21(9-11-22)30(37)39-4)29-28(26-7-5-6-14-33-26)34-31(41)36(29)23-12-13-27(25(32)18-23)40-16-15-38-3/h5-14,17-18,28-29H,15-16H2,1-4H3,(H,34,41). The molecule has 2 aromatic carbocycles. The second-order valence-corrected chi connectivity index (χ2v) is 10.4. The first-order chi connectivity index (χ1) is 19.8. The van der Waals surface area contributed by atoms with E-state index in [9.17, 15) is 4.79 Å². The molecule has 212 valence electrons. The normalized spacial score (nSPS) is 16.5. The molecule has 0 spiro atoms. The number of carbonyl (C=O) groups excluding carboxylic acids is 1. The Bertz CT molecular complexity index is 1560. The highest BCUT2D eigenvalue weighted by Gasteiger charge is 2.42. The molecule has 3 heterocycles. The highest BCUT2D eigenvalue weighted by atomic mass is 35.5. The monoisotopic (exact) mass is 590 g/mol. The van der Waals surface area contributed by atoms with Gasteiger partial charge in [0.05, 0.1) is 42.1 Å². The van der Waals surface area contributed by atoms with Crippen molar-refractivity contribution < 1.29 is 19.0 Å². The zero-order valence-corrected chi connectivity index (χ0v) is 24.8. The van der Waals surface area contributed by atoms with Crippen LogP contribution in [0.5, 0.6) is 5.75 Å². The zero-order valence-electron chi connectivity index (χ0n) is 23.3. The third-order valence-electron chi connectivity index (χ3n) is 7.17. The molecule has 4 aromatic rings. The van der Waals surface area contributed by atoms with Crippen LogP contribution in [0.3, 0.4) is 0 Å². The second kappa shape index (κ2) is 12.3. The molecule has 1 aliphatic heterocycles. The number of aromatic nitrogens is 2. The fourth-order valence-electron chi connectivity index (χ4n) is 5.29. The molecule has 1 fully saturated rings. The largest absolute Gasteiger partial charge is 0.490 e. The van der Waals surface area contributed by atoms with Crippen LogP contribution in [0.4, 0.5) is 5.69 Å². The van der Waals surface area contributed by atoms with Gasteiger partial charge >= 0.3 is 5.97 Å². The first-order valence-electron chi connectivity index (χ1n) is 13.1. The van der Waals surface area contributed by atoms with E-state index in [1.54, 1.807) is 25.4 Å². The maximum Gasteiger partial charge on any atom is 0.337 e. The van der Waals surface area contributed by atoms with Crippen LogP contribution >= 0.6 is 23.8 Å². The number of hydrogen-bond donors (Lipinski definition) is 1. The summed E-state index contributed by atoms with van der Waals surface area (Å²) in [5, 5.41) is 4.56. The third-order valence-corrected chi connectivity index (χ3v) is 7.78. The number of rotatable bonds is 9. The van der Waals surface area contributed by atoms with E-state index in [0.29, 0.717) is 34.7 Å². The van der Waals surface area contributed by atoms with E-state index < -0.39 is 0 Å². The number of anilines is 1. The van der Waals surface area contributed by atoms with Gasteiger partial charge in [-0.1, -0.05) is 17.7 Å². The number of benzene rings is 2. The predicted octanol–water partition coefficient (Wildman–Crippen LogP) is 6.13. The van der Waals surface area contributed by atoms with Crippen molar-refractivity contribution in [2.45, 2.75) is 25.9 Å². The molecule has 0 saturated carbocycles. The summed E-state index contributed by atoms with van der Waals surface area (Å²) in [6, 6.07) is 20.7. The van der Waals surface area contributed by atoms with Crippen molar-refractivity contribution in [3.05, 3.63) is 106 Å². The fraction of sp³-hybridized carbons (Fsp3) is 0.258. The van der Waals surface area contributed by atoms with Crippen LogP contribution in [0, 0.1) is 13.8 Å². The topological polar surface area (TPSA) is 77.9 Å². The number of ether oxygens (including phenoxy) is 3. The minimum absolute atomic E-state index is 0.212. The molecule has 0 amide bonds. The number of nitrogens with one attached hydrogen (secondary N) is 1. The van der Waals surface area contributed by atoms with E-state index in [1.165, 1.54) is 7.11 Å². The van der Waals surface area contributed by atoms with Gasteiger partial charge in [0.25, 0.3) is 0 Å². The number of nitrogens with zero attached hydrogens (tertiary/aromatic N) is 3. The summed E-state index contributed by atoms with van der Waals surface area (Å²) < 4.78 is 17.9. The maximum absolute atomic E-state index is 12.0. The Labute approximate surface area is 249 Å². The molecule has 1 aliphatic rings. The van der Waals surface area contributed by atoms with Crippen molar-refractivity contribution in [3.63, 3.8) is 0 Å². The molecule has 0 aliphatic carbocycles. The quantitative estimate of drug-likeness (QED) is 0.142. The van der Waals surface area contributed by atoms with Crippen LogP contribution in [0.2, 0.25) is 5.02 Å². The first kappa shape index (κ1) is 28.6. The Morgan fingerprint density at radius 3 is 2.44 bits per heavy atom. The summed E-state index contributed by atoms with van der Waals surface area (Å²) in [4.78, 5) is 18.7. The summed E-state index contributed by atoms with van der Waals surface area (Å²) in [7, 11) is 3.00. The molecule has 0 bridgehead atoms. The molecule has 2 aromatic heterocycles. The molecule has 5 rings (SSSR count). The Balaban J connectivity index is 1.58. The zero-order chi connectivity index (χ0) is 29.1. The predicted molar refractivity (Wildman–Crippen MR) is 163 cm³/mol. The van der Waals surface area contributed by atoms with Gasteiger partial charge < -0.3 is 29.0 Å². The lowest BCUT2D eigenvalue weighted by Crippen LogP contribution is -2.29. The number of hydrogen-bond acceptors (Lipinski definition) is 6. The van der Waals surface area contributed by atoms with E-state index in [0.717, 1.165) is 34.0 Å². The van der Waals surface area contributed by atoms with Gasteiger partial charge in [0, 0.05) is 36.1 Å². The number of aryl methyl sites for hydroxylation is 1. The van der Waals surface area contributed by atoms with Crippen molar-refractivity contribution in [2.75, 3.05) is 32.3 Å². The van der Waals surface area contributed by atoms with Crippen LogP contribution in [-0.4, -0.2) is 48.1 Å². The van der Waals surface area contributed by atoms with Gasteiger partial charge in [0.15, 0.2) is 5.11 Å². The summed E-state index contributed by atoms with van der Waals surface area (Å²) in [5.41, 5.74) is 6.31. The summed E-state index contributed by atoms with van der Waals surface area (Å²) in [6.07, 6.45) is 1.79. The first-order valence-corrected chi connectivity index (χ1v) is 13.9. The molecule has 2 unspecified atom stereocenters. The Kier molecular flexibility index (Phi) is 8.58. The van der Waals surface area contributed by atoms with Crippen molar-refractivity contribution in [1.29, 1.82) is 0 Å². The highest BCUT2D eigenvalue weighted by molar-refractivity contribution is 7.80. The third kappa shape index (κ3) is 5.66. The number of halogens is 1. The lowest BCUT2D eigenvalue weighted by atomic mass is 9.96. The Morgan fingerprint density at radius 2 is 1.78 bits per heavy atom. The van der Waals surface area contributed by atoms with E-state index in [-0.39, 0.29) is 18.1 Å². The number of methoxy groups -OCH3 is 2. The Hall–Kier alpha value is -3.92. The minimum atomic E-state index is -0.369. The van der Waals surface area contributed by atoms with E-state index in [1.807, 2.05) is 48.5 Å². The number of thiocarbonyl (C=S) groups is 1. The van der Waals surface area contributed by atoms with Crippen LogP contribution in [0.15, 0.2) is 72.9 Å². The molecule has 10 heteroatoms. The lowest BCUT2D eigenvalue weighted by Gasteiger charge is -2.28. The molecule has 1 saturated heterocycles. The molecule has 0 radical (unpaired) electrons. The smallest absolute Gasteiger partial charge is 0.337 e. The summed E-state index contributed by atoms with van der Waals surface area (Å²) in [6.45, 7) is 5.02. The fourth-order valence-corrected chi connectivity index (χ4v) is 5.86. The summed E-state index contributed by atoms with van der Waals surface area (Å²) in [5.74, 6) is 0.211. The minimum Gasteiger partial charge on any atom is -0.490 e. The molecule has 2 atom stereocenters. The average molecular weight is 591 g/mol. The van der Waals surface area contributed by atoms with Crippen LogP contribution < -0.4 is 15.0 Å². The van der Waals surface area contributed by atoms with Gasteiger partial charge in [-0.3, -0.25) is 4.98 Å². The maximum atomic E-state index is 12.0. The van der Waals surface area contributed by atoms with Gasteiger partial charge in [-0.2, -0.15) is 0 Å². The van der Waals surface area contributed by atoms with Crippen LogP contribution in [0.1, 0.15) is 45.1 Å². The van der Waals surface area contributed by atoms with Gasteiger partial charge in [-0.05, 0) is 92.3 Å². The van der Waals surface area contributed by atoms with Crippen molar-refractivity contribution >= 4 is 40.6 Å². The van der Waals surface area contributed by atoms with E-state index in [4.69, 9.17) is 38.0 Å². The molecule has 1 N–H and O–H groups in total. The van der Waals surface area contributed by atoms with Crippen LogP contribution in [0.25, 0.3) is 5.69 Å². The van der Waals surface area contributed by atoms with Gasteiger partial charge in [-0.15, -0.1) is 0 Å². The van der Waals surface area contributed by atoms with Gasteiger partial charge in [0.1, 0.15) is 12.4 Å². The van der Waals surface area contributed by atoms with E-state index >= 15 is 0 Å². The summed E-state index contributed by atoms with van der Waals surface area (Å²) >= 11 is 12.6. The van der Waals surface area contributed by atoms with E-state index in [2.05, 4.69) is 39.7 Å². The lowest BCUT2D eigenvalue weighted by molar-refractivity contribution is 0.0600. The number of carbonyl (C=O) groups is 1. The number of esters is 1. The van der Waals surface area contributed by atoms with Crippen molar-refractivity contribution in [2.24, 2.45) is 0 Å². The van der Waals surface area contributed by atoms with Gasteiger partial charge in [0.2, 0.25) is 0 Å². The molecule has 41 heavy (non-hydrogen) atoms. The Morgan fingerprint density at radius 1 is 1.02 bits per heavy atom. The second-order valence-electron chi connectivity index (χ2n) is 9.65. The molecule has 8 nitrogen and oxygen atoms in total. The van der Waals surface area contributed by atoms with Gasteiger partial charge in [-0.25, -0.2) is 4.79 Å². The highest BCUT2D eigenvalue weighted by Crippen LogP contribution is 2.45.